The summed E-state index contributed by atoms with van der Waals surface area (Å²) >= 11 is 1.60. The molecule has 162 valence electrons. The monoisotopic (exact) mass is 458 g/mol. The van der Waals surface area contributed by atoms with Gasteiger partial charge < -0.3 is 9.12 Å². The number of rotatable bonds is 5. The van der Waals surface area contributed by atoms with E-state index < -0.39 is 10.4 Å². The molecule has 0 N–H and O–H groups in total. The first kappa shape index (κ1) is 22.8. The molecular weight excluding hydrogens is 436 g/mol. The van der Waals surface area contributed by atoms with Gasteiger partial charge in [0.1, 0.15) is 11.9 Å². The van der Waals surface area contributed by atoms with Crippen LogP contribution in [0.5, 0.6) is 0 Å². The summed E-state index contributed by atoms with van der Waals surface area (Å²) in [4.78, 5) is 0. The van der Waals surface area contributed by atoms with Crippen LogP contribution in [-0.4, -0.2) is 24.6 Å². The van der Waals surface area contributed by atoms with Crippen LogP contribution in [-0.2, 0) is 28.2 Å². The smallest absolute Gasteiger partial charge is 0.408 e. The Balaban J connectivity index is 0.000000401. The lowest BCUT2D eigenvalue weighted by molar-refractivity contribution is -0.676. The number of aryl methyl sites for hydroxylation is 2. The summed E-state index contributed by atoms with van der Waals surface area (Å²) in [6.45, 7) is 3.00. The number of thiazole rings is 1. The third-order valence-electron chi connectivity index (χ3n) is 4.57. The van der Waals surface area contributed by atoms with E-state index in [4.69, 9.17) is 0 Å². The number of nitrogens with zero attached hydrogens (tertiary/aromatic N) is 4. The molecule has 0 aliphatic rings. The average molecular weight is 459 g/mol. The molecule has 0 aliphatic heterocycles. The van der Waals surface area contributed by atoms with E-state index in [9.17, 15) is 13.0 Å². The van der Waals surface area contributed by atoms with Gasteiger partial charge in [-0.05, 0) is 29.4 Å². The number of hydrogen-bond acceptors (Lipinski definition) is 7. The minimum absolute atomic E-state index is 0.808. The number of hydrogen-bond donors (Lipinski definition) is 0. The molecule has 2 aromatic carbocycles. The molecule has 31 heavy (non-hydrogen) atoms. The van der Waals surface area contributed by atoms with Crippen LogP contribution in [0.1, 0.15) is 6.92 Å². The third kappa shape index (κ3) is 5.42. The van der Waals surface area contributed by atoms with Gasteiger partial charge in [-0.15, -0.1) is 0 Å². The molecule has 0 saturated carbocycles. The second kappa shape index (κ2) is 9.92. The van der Waals surface area contributed by atoms with Crippen molar-refractivity contribution in [2.24, 2.45) is 17.3 Å². The molecule has 0 bridgehead atoms. The van der Waals surface area contributed by atoms with E-state index in [1.807, 2.05) is 23.7 Å². The second-order valence-corrected chi connectivity index (χ2v) is 8.41. The molecule has 0 amide bonds. The van der Waals surface area contributed by atoms with Crippen LogP contribution in [0.4, 0.5) is 10.8 Å². The first-order valence-electron chi connectivity index (χ1n) is 9.38. The Morgan fingerprint density at radius 2 is 1.74 bits per heavy atom. The van der Waals surface area contributed by atoms with Gasteiger partial charge >= 0.3 is 5.13 Å². The van der Waals surface area contributed by atoms with Gasteiger partial charge in [-0.3, -0.25) is 4.18 Å². The van der Waals surface area contributed by atoms with Crippen LogP contribution in [0.25, 0.3) is 22.2 Å². The minimum Gasteiger partial charge on any atom is -0.726 e. The van der Waals surface area contributed by atoms with E-state index in [2.05, 4.69) is 80.0 Å². The minimum atomic E-state index is -4.41. The zero-order valence-electron chi connectivity index (χ0n) is 17.3. The Kier molecular flexibility index (Phi) is 7.29. The van der Waals surface area contributed by atoms with E-state index in [-0.39, 0.29) is 0 Å². The molecular formula is C21H22N4O4S2. The van der Waals surface area contributed by atoms with Gasteiger partial charge in [-0.1, -0.05) is 48.5 Å². The van der Waals surface area contributed by atoms with Gasteiger partial charge in [0.15, 0.2) is 0 Å². The molecule has 10 heteroatoms. The Labute approximate surface area is 185 Å². The number of benzene rings is 2. The van der Waals surface area contributed by atoms with Crippen molar-refractivity contribution in [1.29, 1.82) is 0 Å². The number of aromatic nitrogens is 2. The highest BCUT2D eigenvalue weighted by molar-refractivity contribution is 7.80. The van der Waals surface area contributed by atoms with E-state index >= 15 is 0 Å². The van der Waals surface area contributed by atoms with Gasteiger partial charge in [-0.2, -0.15) is 0 Å². The fraction of sp³-hybridized carbons (Fsp3) is 0.190. The molecule has 2 heterocycles. The van der Waals surface area contributed by atoms with Gasteiger partial charge in [-0.25, -0.2) is 13.0 Å². The molecule has 0 saturated heterocycles. The summed E-state index contributed by atoms with van der Waals surface area (Å²) in [5.74, 6) is 0. The van der Waals surface area contributed by atoms with Crippen molar-refractivity contribution in [3.05, 3.63) is 66.2 Å². The van der Waals surface area contributed by atoms with Gasteiger partial charge in [0.25, 0.3) is 0 Å². The van der Waals surface area contributed by atoms with Crippen LogP contribution in [0.2, 0.25) is 0 Å². The van der Waals surface area contributed by atoms with Crippen molar-refractivity contribution in [1.82, 2.24) is 4.57 Å². The lowest BCUT2D eigenvalue weighted by atomic mass is 10.1. The number of azo groups is 1. The normalized spacial score (nSPS) is 11.6. The molecule has 4 aromatic rings. The lowest BCUT2D eigenvalue weighted by Crippen LogP contribution is -2.28. The van der Waals surface area contributed by atoms with Crippen molar-refractivity contribution in [2.45, 2.75) is 13.5 Å². The van der Waals surface area contributed by atoms with Crippen molar-refractivity contribution in [2.75, 3.05) is 7.11 Å². The summed E-state index contributed by atoms with van der Waals surface area (Å²) < 4.78 is 35.3. The Bertz CT molecular complexity index is 1300. The van der Waals surface area contributed by atoms with Crippen molar-refractivity contribution < 1.29 is 21.7 Å². The first-order chi connectivity index (χ1) is 14.9. The third-order valence-corrected chi connectivity index (χ3v) is 5.76. The van der Waals surface area contributed by atoms with E-state index in [0.717, 1.165) is 46.6 Å². The zero-order valence-corrected chi connectivity index (χ0v) is 18.9. The molecule has 0 aliphatic carbocycles. The summed E-state index contributed by atoms with van der Waals surface area (Å²) in [7, 11) is -1.52. The van der Waals surface area contributed by atoms with Crippen LogP contribution >= 0.6 is 11.3 Å². The molecule has 4 rings (SSSR count). The summed E-state index contributed by atoms with van der Waals surface area (Å²) in [5, 5.41) is 13.3. The molecule has 0 unspecified atom stereocenters. The fourth-order valence-electron chi connectivity index (χ4n) is 3.11. The van der Waals surface area contributed by atoms with E-state index in [1.54, 1.807) is 11.3 Å². The second-order valence-electron chi connectivity index (χ2n) is 6.39. The fourth-order valence-corrected chi connectivity index (χ4v) is 3.85. The van der Waals surface area contributed by atoms with Crippen LogP contribution in [0.15, 0.2) is 76.4 Å². The van der Waals surface area contributed by atoms with Crippen molar-refractivity contribution in [3.8, 4) is 11.3 Å². The maximum atomic E-state index is 9.22. The molecule has 8 nitrogen and oxygen atoms in total. The van der Waals surface area contributed by atoms with Crippen molar-refractivity contribution >= 4 is 43.5 Å². The van der Waals surface area contributed by atoms with Crippen LogP contribution < -0.4 is 4.57 Å². The predicted molar refractivity (Wildman–Crippen MR) is 119 cm³/mol. The van der Waals surface area contributed by atoms with Crippen LogP contribution in [0.3, 0.4) is 0 Å². The zero-order chi connectivity index (χ0) is 22.4. The summed E-state index contributed by atoms with van der Waals surface area (Å²) in [6.07, 6.45) is 2.04. The van der Waals surface area contributed by atoms with E-state index in [0.29, 0.717) is 0 Å². The highest BCUT2D eigenvalue weighted by Crippen LogP contribution is 2.40. The van der Waals surface area contributed by atoms with Gasteiger partial charge in [0.05, 0.1) is 30.0 Å². The largest absolute Gasteiger partial charge is 0.726 e. The lowest BCUT2D eigenvalue weighted by Gasteiger charge is -2.04. The highest BCUT2D eigenvalue weighted by atomic mass is 32.3. The Hall–Kier alpha value is -2.92. The Morgan fingerprint density at radius 3 is 2.39 bits per heavy atom. The average Bonchev–Trinajstić information content (AvgIpc) is 3.35. The van der Waals surface area contributed by atoms with E-state index in [1.165, 1.54) is 0 Å². The topological polar surface area (TPSA) is 100.0 Å². The number of para-hydroxylation sites is 1. The summed E-state index contributed by atoms with van der Waals surface area (Å²) in [6, 6.07) is 18.7. The standard InChI is InChI=1S/C20H19N4S.CH4O4S/c1-3-24-13-14-25-20(24)22-21-18-16-11-7-8-12-17(16)23(2)19(18)15-9-5-4-6-10-15;1-5-6(2,3)4/h4-14H,3H2,1-2H3;1H3,(H,2,3,4)/q+1;/p-1. The highest BCUT2D eigenvalue weighted by Gasteiger charge is 2.19. The van der Waals surface area contributed by atoms with Gasteiger partial charge in [0.2, 0.25) is 10.4 Å². The Morgan fingerprint density at radius 1 is 1.10 bits per heavy atom. The molecule has 0 radical (unpaired) electrons. The molecule has 0 spiro atoms. The molecule has 0 fully saturated rings. The first-order valence-corrected chi connectivity index (χ1v) is 11.6. The maximum absolute atomic E-state index is 9.22. The quantitative estimate of drug-likeness (QED) is 0.187. The molecule has 0 atom stereocenters. The SMILES string of the molecule is CC[n+]1ccsc1N=Nc1c(-c2ccccc2)n(C)c2ccccc12.COS(=O)(=O)[O-]. The summed E-state index contributed by atoms with van der Waals surface area (Å²) in [5.41, 5.74) is 4.31. The van der Waals surface area contributed by atoms with Gasteiger partial charge in [0, 0.05) is 23.4 Å². The number of fused-ring (bicyclic) bond motifs is 1. The predicted octanol–water partition coefficient (Wildman–Crippen LogP) is 4.72. The van der Waals surface area contributed by atoms with Crippen LogP contribution in [0, 0.1) is 0 Å². The maximum Gasteiger partial charge on any atom is 0.408 e. The van der Waals surface area contributed by atoms with Crippen molar-refractivity contribution in [3.63, 3.8) is 0 Å². The molecule has 2 aromatic heterocycles.